The molecule has 0 spiro atoms. The number of ether oxygens (including phenoxy) is 1. The number of hydrogen-bond donors (Lipinski definition) is 2. The van der Waals surface area contributed by atoms with E-state index in [2.05, 4.69) is 10.3 Å². The first-order valence-electron chi connectivity index (χ1n) is 5.89. The van der Waals surface area contributed by atoms with Gasteiger partial charge in [0.2, 0.25) is 0 Å². The molecular weight excluding hydrogens is 254 g/mol. The van der Waals surface area contributed by atoms with Crippen LogP contribution in [0.4, 0.5) is 5.82 Å². The standard InChI is InChI=1S/C12H16ClN3O2/c1-7-8(4-5-18-7)6-15-12(17)11-9(13)2-3-10(14)16-11/h2-3,7-8H,4-6H2,1H3,(H2,14,16)(H,15,17). The number of nitrogen functional groups attached to an aromatic ring is 1. The van der Waals surface area contributed by atoms with Gasteiger partial charge in [-0.05, 0) is 25.5 Å². The molecule has 1 aromatic heterocycles. The van der Waals surface area contributed by atoms with Crippen molar-refractivity contribution in [1.29, 1.82) is 0 Å². The molecule has 2 atom stereocenters. The van der Waals surface area contributed by atoms with Crippen LogP contribution in [0.3, 0.4) is 0 Å². The second-order valence-corrected chi connectivity index (χ2v) is 4.81. The van der Waals surface area contributed by atoms with Gasteiger partial charge >= 0.3 is 0 Å². The fourth-order valence-electron chi connectivity index (χ4n) is 1.97. The molecule has 1 aromatic rings. The van der Waals surface area contributed by atoms with Gasteiger partial charge in [-0.3, -0.25) is 4.79 Å². The van der Waals surface area contributed by atoms with Crippen LogP contribution in [0.15, 0.2) is 12.1 Å². The molecule has 0 bridgehead atoms. The summed E-state index contributed by atoms with van der Waals surface area (Å²) in [5.41, 5.74) is 5.71. The zero-order chi connectivity index (χ0) is 13.1. The van der Waals surface area contributed by atoms with Crippen LogP contribution in [-0.2, 0) is 4.74 Å². The maximum Gasteiger partial charge on any atom is 0.271 e. The van der Waals surface area contributed by atoms with Crippen LogP contribution in [-0.4, -0.2) is 30.1 Å². The maximum atomic E-state index is 11.9. The van der Waals surface area contributed by atoms with Crippen LogP contribution in [0.2, 0.25) is 5.02 Å². The molecule has 98 valence electrons. The minimum atomic E-state index is -0.300. The normalized spacial score (nSPS) is 23.0. The van der Waals surface area contributed by atoms with Crippen molar-refractivity contribution in [3.63, 3.8) is 0 Å². The van der Waals surface area contributed by atoms with E-state index < -0.39 is 0 Å². The van der Waals surface area contributed by atoms with Crippen LogP contribution in [0, 0.1) is 5.92 Å². The molecule has 0 aromatic carbocycles. The first-order valence-corrected chi connectivity index (χ1v) is 6.27. The second-order valence-electron chi connectivity index (χ2n) is 4.40. The van der Waals surface area contributed by atoms with Crippen molar-refractivity contribution in [2.45, 2.75) is 19.4 Å². The van der Waals surface area contributed by atoms with Crippen LogP contribution >= 0.6 is 11.6 Å². The number of anilines is 1. The van der Waals surface area contributed by atoms with Gasteiger partial charge in [0.1, 0.15) is 11.5 Å². The number of nitrogens with two attached hydrogens (primary N) is 1. The van der Waals surface area contributed by atoms with Gasteiger partial charge in [0.05, 0.1) is 11.1 Å². The SMILES string of the molecule is CC1OCCC1CNC(=O)c1nc(N)ccc1Cl. The summed E-state index contributed by atoms with van der Waals surface area (Å²) in [5, 5.41) is 3.12. The summed E-state index contributed by atoms with van der Waals surface area (Å²) in [5.74, 6) is 0.322. The zero-order valence-electron chi connectivity index (χ0n) is 10.1. The number of halogens is 1. The highest BCUT2D eigenvalue weighted by Crippen LogP contribution is 2.20. The molecule has 6 heteroatoms. The molecule has 2 unspecified atom stereocenters. The first kappa shape index (κ1) is 13.1. The van der Waals surface area contributed by atoms with Crippen LogP contribution in [0.5, 0.6) is 0 Å². The molecule has 0 saturated carbocycles. The predicted octanol–water partition coefficient (Wildman–Crippen LogP) is 1.47. The van der Waals surface area contributed by atoms with Crippen molar-refractivity contribution in [2.24, 2.45) is 5.92 Å². The number of rotatable bonds is 3. The Morgan fingerprint density at radius 1 is 1.67 bits per heavy atom. The molecule has 1 aliphatic heterocycles. The van der Waals surface area contributed by atoms with Crippen molar-refractivity contribution in [3.05, 3.63) is 22.8 Å². The van der Waals surface area contributed by atoms with Gasteiger partial charge in [-0.1, -0.05) is 11.6 Å². The average molecular weight is 270 g/mol. The van der Waals surface area contributed by atoms with E-state index in [1.54, 1.807) is 12.1 Å². The third-order valence-corrected chi connectivity index (χ3v) is 3.45. The topological polar surface area (TPSA) is 77.2 Å². The Labute approximate surface area is 111 Å². The molecular formula is C12H16ClN3O2. The van der Waals surface area contributed by atoms with Crippen molar-refractivity contribution in [2.75, 3.05) is 18.9 Å². The number of pyridine rings is 1. The molecule has 0 aliphatic carbocycles. The van der Waals surface area contributed by atoms with E-state index in [0.717, 1.165) is 13.0 Å². The third kappa shape index (κ3) is 2.91. The molecule has 1 fully saturated rings. The summed E-state index contributed by atoms with van der Waals surface area (Å²) in [6.45, 7) is 3.32. The lowest BCUT2D eigenvalue weighted by atomic mass is 10.0. The highest BCUT2D eigenvalue weighted by atomic mass is 35.5. The van der Waals surface area contributed by atoms with E-state index in [0.29, 0.717) is 17.5 Å². The van der Waals surface area contributed by atoms with E-state index in [4.69, 9.17) is 22.1 Å². The van der Waals surface area contributed by atoms with Crippen LogP contribution in [0.1, 0.15) is 23.8 Å². The number of carbonyl (C=O) groups excluding carboxylic acids is 1. The number of nitrogens with one attached hydrogen (secondary N) is 1. The van der Waals surface area contributed by atoms with Gasteiger partial charge in [-0.25, -0.2) is 4.98 Å². The van der Waals surface area contributed by atoms with Gasteiger partial charge in [0, 0.05) is 19.1 Å². The van der Waals surface area contributed by atoms with E-state index in [1.165, 1.54) is 0 Å². The smallest absolute Gasteiger partial charge is 0.271 e. The molecule has 2 rings (SSSR count). The fraction of sp³-hybridized carbons (Fsp3) is 0.500. The number of amides is 1. The Bertz CT molecular complexity index is 453. The summed E-state index contributed by atoms with van der Waals surface area (Å²) >= 11 is 5.91. The highest BCUT2D eigenvalue weighted by molar-refractivity contribution is 6.33. The van der Waals surface area contributed by atoms with Crippen molar-refractivity contribution >= 4 is 23.3 Å². The molecule has 1 aliphatic rings. The molecule has 3 N–H and O–H groups in total. The van der Waals surface area contributed by atoms with Crippen LogP contribution in [0.25, 0.3) is 0 Å². The molecule has 0 radical (unpaired) electrons. The first-order chi connectivity index (χ1) is 8.58. The summed E-state index contributed by atoms with van der Waals surface area (Å²) in [7, 11) is 0. The maximum absolute atomic E-state index is 11.9. The minimum absolute atomic E-state index is 0.170. The fourth-order valence-corrected chi connectivity index (χ4v) is 2.16. The van der Waals surface area contributed by atoms with E-state index in [1.807, 2.05) is 6.92 Å². The number of nitrogens with zero attached hydrogens (tertiary/aromatic N) is 1. The Kier molecular flexibility index (Phi) is 4.04. The van der Waals surface area contributed by atoms with Gasteiger partial charge in [-0.15, -0.1) is 0 Å². The van der Waals surface area contributed by atoms with Crippen molar-refractivity contribution < 1.29 is 9.53 Å². The summed E-state index contributed by atoms with van der Waals surface area (Å²) in [6.07, 6.45) is 1.13. The lowest BCUT2D eigenvalue weighted by Crippen LogP contribution is -2.32. The highest BCUT2D eigenvalue weighted by Gasteiger charge is 2.25. The molecule has 2 heterocycles. The van der Waals surface area contributed by atoms with Gasteiger partial charge in [-0.2, -0.15) is 0 Å². The summed E-state index contributed by atoms with van der Waals surface area (Å²) in [6, 6.07) is 3.13. The van der Waals surface area contributed by atoms with Crippen LogP contribution < -0.4 is 11.1 Å². The molecule has 1 saturated heterocycles. The molecule has 18 heavy (non-hydrogen) atoms. The van der Waals surface area contributed by atoms with E-state index in [-0.39, 0.29) is 23.5 Å². The van der Waals surface area contributed by atoms with Gasteiger partial charge in [0.25, 0.3) is 5.91 Å². The van der Waals surface area contributed by atoms with E-state index in [9.17, 15) is 4.79 Å². The summed E-state index contributed by atoms with van der Waals surface area (Å²) in [4.78, 5) is 15.9. The Morgan fingerprint density at radius 3 is 3.11 bits per heavy atom. The number of carbonyl (C=O) groups is 1. The zero-order valence-corrected chi connectivity index (χ0v) is 10.9. The second kappa shape index (κ2) is 5.54. The lowest BCUT2D eigenvalue weighted by Gasteiger charge is -2.14. The van der Waals surface area contributed by atoms with E-state index >= 15 is 0 Å². The van der Waals surface area contributed by atoms with Crippen molar-refractivity contribution in [1.82, 2.24) is 10.3 Å². The number of hydrogen-bond acceptors (Lipinski definition) is 4. The summed E-state index contributed by atoms with van der Waals surface area (Å²) < 4.78 is 5.43. The average Bonchev–Trinajstić information content (AvgIpc) is 2.75. The number of aromatic nitrogens is 1. The third-order valence-electron chi connectivity index (χ3n) is 3.14. The van der Waals surface area contributed by atoms with Gasteiger partial charge in [0.15, 0.2) is 0 Å². The Morgan fingerprint density at radius 2 is 2.44 bits per heavy atom. The molecule has 5 nitrogen and oxygen atoms in total. The predicted molar refractivity (Wildman–Crippen MR) is 69.5 cm³/mol. The monoisotopic (exact) mass is 269 g/mol. The Balaban J connectivity index is 1.97. The quantitative estimate of drug-likeness (QED) is 0.871. The Hall–Kier alpha value is -1.33. The van der Waals surface area contributed by atoms with Crippen molar-refractivity contribution in [3.8, 4) is 0 Å². The largest absolute Gasteiger partial charge is 0.384 e. The molecule has 1 amide bonds. The lowest BCUT2D eigenvalue weighted by molar-refractivity contribution is 0.0903. The minimum Gasteiger partial charge on any atom is -0.384 e. The van der Waals surface area contributed by atoms with Gasteiger partial charge < -0.3 is 15.8 Å².